The molecule has 0 atom stereocenters. The first-order valence-corrected chi connectivity index (χ1v) is 19.5. The van der Waals surface area contributed by atoms with Gasteiger partial charge in [-0.15, -0.1) is 0 Å². The van der Waals surface area contributed by atoms with Crippen LogP contribution in [0.4, 0.5) is 0 Å². The van der Waals surface area contributed by atoms with E-state index in [0.29, 0.717) is 0 Å². The standard InChI is InChI=1S/C54H34N2O/c1-3-4-13-36-32(2)52-53(43-18-6-5-14-37(36)43)56-49(31-55-52)35-23-26-41-40-25-22-34(33-24-27-51-44(28-33)42-17-9-12-21-50(42)57-51)29-47(40)54(48(41)30-35)45-19-10-7-15-38(45)39-16-8-11-20-46(39)54/h3-31H,1H2,2H3/b13-4-. The van der Waals surface area contributed by atoms with Gasteiger partial charge in [0, 0.05) is 21.7 Å². The molecule has 1 spiro atoms. The van der Waals surface area contributed by atoms with Gasteiger partial charge in [-0.05, 0) is 109 Å². The Hall–Kier alpha value is -7.36. The second-order valence-corrected chi connectivity index (χ2v) is 15.3. The highest BCUT2D eigenvalue weighted by Crippen LogP contribution is 2.63. The van der Waals surface area contributed by atoms with Crippen LogP contribution in [0.25, 0.3) is 94.5 Å². The molecule has 0 radical (unpaired) electrons. The third kappa shape index (κ3) is 4.31. The predicted molar refractivity (Wildman–Crippen MR) is 235 cm³/mol. The molecule has 2 heterocycles. The van der Waals surface area contributed by atoms with Gasteiger partial charge in [-0.1, -0.05) is 146 Å². The van der Waals surface area contributed by atoms with E-state index in [1.807, 2.05) is 30.5 Å². The summed E-state index contributed by atoms with van der Waals surface area (Å²) < 4.78 is 6.22. The van der Waals surface area contributed by atoms with Gasteiger partial charge in [0.15, 0.2) is 0 Å². The van der Waals surface area contributed by atoms with Crippen molar-refractivity contribution >= 4 is 49.8 Å². The van der Waals surface area contributed by atoms with Crippen LogP contribution >= 0.6 is 0 Å². The molecule has 8 aromatic carbocycles. The normalized spacial score (nSPS) is 13.5. The number of aryl methyl sites for hydroxylation is 1. The second kappa shape index (κ2) is 11.8. The molecular weight excluding hydrogens is 693 g/mol. The van der Waals surface area contributed by atoms with Crippen LogP contribution in [0.2, 0.25) is 0 Å². The average molecular weight is 727 g/mol. The lowest BCUT2D eigenvalue weighted by Crippen LogP contribution is -2.26. The predicted octanol–water partition coefficient (Wildman–Crippen LogP) is 13.9. The number of allylic oxidation sites excluding steroid dienone is 2. The highest BCUT2D eigenvalue weighted by atomic mass is 16.3. The highest BCUT2D eigenvalue weighted by Gasteiger charge is 2.51. The monoisotopic (exact) mass is 726 g/mol. The molecule has 0 N–H and O–H groups in total. The molecule has 2 aliphatic carbocycles. The number of aromatic nitrogens is 2. The molecule has 10 aromatic rings. The molecule has 0 saturated heterocycles. The molecule has 3 heteroatoms. The minimum absolute atomic E-state index is 0.518. The maximum absolute atomic E-state index is 6.22. The van der Waals surface area contributed by atoms with Crippen LogP contribution in [-0.4, -0.2) is 9.97 Å². The molecular formula is C54H34N2O. The lowest BCUT2D eigenvalue weighted by atomic mass is 9.70. The van der Waals surface area contributed by atoms with E-state index >= 15 is 0 Å². The Balaban J connectivity index is 1.09. The van der Waals surface area contributed by atoms with Crippen molar-refractivity contribution in [2.24, 2.45) is 0 Å². The molecule has 0 bridgehead atoms. The van der Waals surface area contributed by atoms with Crippen LogP contribution in [0.3, 0.4) is 0 Å². The number of para-hydroxylation sites is 1. The summed E-state index contributed by atoms with van der Waals surface area (Å²) in [6, 6.07) is 55.3. The lowest BCUT2D eigenvalue weighted by Gasteiger charge is -2.31. The molecule has 12 rings (SSSR count). The van der Waals surface area contributed by atoms with E-state index in [2.05, 4.69) is 159 Å². The SMILES string of the molecule is C=C/C=C\c1c(C)c2ncc(-c3ccc4c(c3)C3(c5ccccc5-c5ccccc53)c3cc(-c5ccc6oc7ccccc7c6c5)ccc3-4)nc2c2ccccc12. The van der Waals surface area contributed by atoms with Crippen molar-refractivity contribution in [3.63, 3.8) is 0 Å². The van der Waals surface area contributed by atoms with Gasteiger partial charge in [0.05, 0.1) is 28.3 Å². The van der Waals surface area contributed by atoms with Crippen molar-refractivity contribution in [1.29, 1.82) is 0 Å². The van der Waals surface area contributed by atoms with E-state index in [9.17, 15) is 0 Å². The zero-order valence-corrected chi connectivity index (χ0v) is 31.3. The third-order valence-electron chi connectivity index (χ3n) is 12.5. The Labute approximate surface area is 329 Å². The van der Waals surface area contributed by atoms with Gasteiger partial charge in [-0.25, -0.2) is 4.98 Å². The zero-order valence-electron chi connectivity index (χ0n) is 31.3. The topological polar surface area (TPSA) is 38.9 Å². The van der Waals surface area contributed by atoms with Gasteiger partial charge in [0.1, 0.15) is 11.2 Å². The van der Waals surface area contributed by atoms with Crippen LogP contribution in [0.1, 0.15) is 33.4 Å². The molecule has 0 aliphatic heterocycles. The Morgan fingerprint density at radius 1 is 0.526 bits per heavy atom. The lowest BCUT2D eigenvalue weighted by molar-refractivity contribution is 0.669. The summed E-state index contributed by atoms with van der Waals surface area (Å²) in [5.74, 6) is 0. The van der Waals surface area contributed by atoms with Gasteiger partial charge >= 0.3 is 0 Å². The quantitative estimate of drug-likeness (QED) is 0.134. The summed E-state index contributed by atoms with van der Waals surface area (Å²) in [4.78, 5) is 10.5. The second-order valence-electron chi connectivity index (χ2n) is 15.3. The van der Waals surface area contributed by atoms with E-state index in [1.165, 1.54) is 55.6 Å². The number of hydrogen-bond donors (Lipinski definition) is 0. The maximum atomic E-state index is 6.22. The van der Waals surface area contributed by atoms with Crippen LogP contribution in [0.15, 0.2) is 181 Å². The smallest absolute Gasteiger partial charge is 0.135 e. The first-order valence-electron chi connectivity index (χ1n) is 19.5. The fourth-order valence-corrected chi connectivity index (χ4v) is 10.0. The van der Waals surface area contributed by atoms with Crippen LogP contribution in [-0.2, 0) is 5.41 Å². The van der Waals surface area contributed by atoms with Crippen molar-refractivity contribution in [1.82, 2.24) is 9.97 Å². The van der Waals surface area contributed by atoms with E-state index in [-0.39, 0.29) is 0 Å². The summed E-state index contributed by atoms with van der Waals surface area (Å²) >= 11 is 0. The Morgan fingerprint density at radius 3 is 1.86 bits per heavy atom. The summed E-state index contributed by atoms with van der Waals surface area (Å²) in [5.41, 5.74) is 19.9. The summed E-state index contributed by atoms with van der Waals surface area (Å²) in [6.07, 6.45) is 7.88. The van der Waals surface area contributed by atoms with Gasteiger partial charge in [0.2, 0.25) is 0 Å². The molecule has 0 fully saturated rings. The molecule has 0 saturated carbocycles. The van der Waals surface area contributed by atoms with E-state index in [0.717, 1.165) is 66.1 Å². The number of furan rings is 1. The number of nitrogens with zero attached hydrogens (tertiary/aromatic N) is 2. The van der Waals surface area contributed by atoms with Crippen molar-refractivity contribution in [3.05, 3.63) is 210 Å². The minimum atomic E-state index is -0.518. The summed E-state index contributed by atoms with van der Waals surface area (Å²) in [7, 11) is 0. The zero-order chi connectivity index (χ0) is 37.8. The van der Waals surface area contributed by atoms with Crippen LogP contribution in [0.5, 0.6) is 0 Å². The number of rotatable bonds is 4. The number of fused-ring (bicyclic) bond motifs is 16. The minimum Gasteiger partial charge on any atom is -0.456 e. The third-order valence-corrected chi connectivity index (χ3v) is 12.5. The van der Waals surface area contributed by atoms with Gasteiger partial charge in [0.25, 0.3) is 0 Å². The van der Waals surface area contributed by atoms with E-state index in [1.54, 1.807) is 0 Å². The van der Waals surface area contributed by atoms with Crippen molar-refractivity contribution in [2.75, 3.05) is 0 Å². The van der Waals surface area contributed by atoms with E-state index in [4.69, 9.17) is 14.4 Å². The van der Waals surface area contributed by atoms with Gasteiger partial charge < -0.3 is 4.42 Å². The fourth-order valence-electron chi connectivity index (χ4n) is 10.0. The molecule has 3 nitrogen and oxygen atoms in total. The molecule has 266 valence electrons. The molecule has 2 aromatic heterocycles. The first kappa shape index (κ1) is 31.9. The van der Waals surface area contributed by atoms with E-state index < -0.39 is 5.41 Å². The molecule has 0 amide bonds. The van der Waals surface area contributed by atoms with Crippen LogP contribution < -0.4 is 0 Å². The largest absolute Gasteiger partial charge is 0.456 e. The first-order chi connectivity index (χ1) is 28.1. The van der Waals surface area contributed by atoms with Crippen molar-refractivity contribution in [3.8, 4) is 44.6 Å². The fraction of sp³-hybridized carbons (Fsp3) is 0.0370. The maximum Gasteiger partial charge on any atom is 0.135 e. The molecule has 2 aliphatic rings. The number of benzene rings is 8. The van der Waals surface area contributed by atoms with Crippen molar-refractivity contribution in [2.45, 2.75) is 12.3 Å². The molecule has 0 unspecified atom stereocenters. The Kier molecular flexibility index (Phi) is 6.62. The number of hydrogen-bond acceptors (Lipinski definition) is 3. The Bertz CT molecular complexity index is 3350. The molecule has 57 heavy (non-hydrogen) atoms. The van der Waals surface area contributed by atoms with Crippen molar-refractivity contribution < 1.29 is 4.42 Å². The highest BCUT2D eigenvalue weighted by molar-refractivity contribution is 6.10. The van der Waals surface area contributed by atoms with Crippen LogP contribution in [0, 0.1) is 6.92 Å². The Morgan fingerprint density at radius 2 is 1.11 bits per heavy atom. The summed E-state index contributed by atoms with van der Waals surface area (Å²) in [5, 5.41) is 4.52. The summed E-state index contributed by atoms with van der Waals surface area (Å²) in [6.45, 7) is 6.04. The van der Waals surface area contributed by atoms with Gasteiger partial charge in [-0.3, -0.25) is 4.98 Å². The van der Waals surface area contributed by atoms with Gasteiger partial charge in [-0.2, -0.15) is 0 Å². The average Bonchev–Trinajstić information content (AvgIpc) is 3.89.